The van der Waals surface area contributed by atoms with Crippen LogP contribution in [0.3, 0.4) is 0 Å². The van der Waals surface area contributed by atoms with Gasteiger partial charge in [-0.15, -0.1) is 10.2 Å². The van der Waals surface area contributed by atoms with Crippen LogP contribution in [0.1, 0.15) is 130 Å². The van der Waals surface area contributed by atoms with Crippen LogP contribution < -0.4 is 0 Å². The van der Waals surface area contributed by atoms with Gasteiger partial charge >= 0.3 is 0 Å². The van der Waals surface area contributed by atoms with E-state index in [-0.39, 0.29) is 22.2 Å². The fourth-order valence-corrected chi connectivity index (χ4v) is 7.59. The van der Waals surface area contributed by atoms with E-state index in [4.69, 9.17) is 10.2 Å². The van der Waals surface area contributed by atoms with Crippen LogP contribution in [0.4, 0.5) is 0 Å². The van der Waals surface area contributed by atoms with Gasteiger partial charge in [-0.3, -0.25) is 0 Å². The van der Waals surface area contributed by atoms with Crippen LogP contribution in [0, 0.1) is 11.3 Å². The predicted molar refractivity (Wildman–Crippen MR) is 191 cm³/mol. The van der Waals surface area contributed by atoms with Gasteiger partial charge in [-0.05, 0) is 89.7 Å². The molecule has 0 bridgehead atoms. The first-order valence-corrected chi connectivity index (χ1v) is 17.7. The third kappa shape index (κ3) is 8.44. The summed E-state index contributed by atoms with van der Waals surface area (Å²) in [7, 11) is 0. The van der Waals surface area contributed by atoms with Crippen LogP contribution in [0.15, 0.2) is 78.9 Å². The smallest absolute Gasteiger partial charge is 0.113 e. The van der Waals surface area contributed by atoms with Crippen molar-refractivity contribution in [1.82, 2.24) is 15.0 Å². The first kappa shape index (κ1) is 34.9. The van der Waals surface area contributed by atoms with Crippen molar-refractivity contribution in [2.24, 2.45) is 11.3 Å². The molecule has 0 aliphatic rings. The summed E-state index contributed by atoms with van der Waals surface area (Å²) in [5.74, 6) is 0.0831. The van der Waals surface area contributed by atoms with Gasteiger partial charge < -0.3 is 5.11 Å². The molecule has 3 atom stereocenters. The van der Waals surface area contributed by atoms with E-state index in [1.807, 2.05) is 24.3 Å². The number of fused-ring (bicyclic) bond motifs is 1. The van der Waals surface area contributed by atoms with Crippen molar-refractivity contribution < 1.29 is 5.11 Å². The van der Waals surface area contributed by atoms with Crippen molar-refractivity contribution >= 4 is 11.0 Å². The zero-order valence-electron chi connectivity index (χ0n) is 29.2. The SMILES string of the molecule is CCCCC(C)(CCCC)CC(CCCC)(CC(O)C(C)C(C)(C)c1ccccc1)c1cccc(-n2nc3ccccc3n2)c1. The number of hydrogen-bond acceptors (Lipinski definition) is 3. The molecule has 4 heteroatoms. The van der Waals surface area contributed by atoms with Crippen molar-refractivity contribution in [2.75, 3.05) is 0 Å². The molecule has 3 aromatic carbocycles. The van der Waals surface area contributed by atoms with Crippen LogP contribution in [0.25, 0.3) is 16.7 Å². The average molecular weight is 610 g/mol. The van der Waals surface area contributed by atoms with Gasteiger partial charge in [0.1, 0.15) is 11.0 Å². The van der Waals surface area contributed by atoms with E-state index >= 15 is 0 Å². The Morgan fingerprint density at radius 3 is 1.80 bits per heavy atom. The van der Waals surface area contributed by atoms with E-state index in [2.05, 4.69) is 103 Å². The quantitative estimate of drug-likeness (QED) is 0.122. The maximum Gasteiger partial charge on any atom is 0.113 e. The standard InChI is InChI=1S/C41H59N3O/c1-8-11-26-40(7,27-12-9-2)31-41(28-13-10-3,30-38(45)32(4)39(5,6)33-20-15-14-16-21-33)34-22-19-23-35(29-34)44-42-36-24-17-18-25-37(36)43-44/h14-25,29,32,38,45H,8-13,26-28,30-31H2,1-7H3. The highest BCUT2D eigenvalue weighted by Gasteiger charge is 2.43. The Balaban J connectivity index is 1.82. The molecule has 3 unspecified atom stereocenters. The maximum atomic E-state index is 12.3. The van der Waals surface area contributed by atoms with Crippen LogP contribution >= 0.6 is 0 Å². The molecule has 1 heterocycles. The van der Waals surface area contributed by atoms with Gasteiger partial charge in [0, 0.05) is 0 Å². The number of hydrogen-bond donors (Lipinski definition) is 1. The van der Waals surface area contributed by atoms with Crippen molar-refractivity contribution in [1.29, 1.82) is 0 Å². The number of unbranched alkanes of at least 4 members (excludes halogenated alkanes) is 3. The fourth-order valence-electron chi connectivity index (χ4n) is 7.59. The molecule has 0 fully saturated rings. The van der Waals surface area contributed by atoms with Crippen molar-refractivity contribution in [3.8, 4) is 5.69 Å². The van der Waals surface area contributed by atoms with Crippen molar-refractivity contribution in [3.05, 3.63) is 90.0 Å². The summed E-state index contributed by atoms with van der Waals surface area (Å²) >= 11 is 0. The number of rotatable bonds is 18. The molecule has 0 saturated heterocycles. The molecule has 4 aromatic rings. The van der Waals surface area contributed by atoms with Gasteiger partial charge in [0.05, 0.1) is 11.8 Å². The average Bonchev–Trinajstić information content (AvgIpc) is 3.50. The van der Waals surface area contributed by atoms with Gasteiger partial charge in [0.15, 0.2) is 0 Å². The first-order chi connectivity index (χ1) is 21.6. The number of aliphatic hydroxyl groups excluding tert-OH is 1. The Morgan fingerprint density at radius 1 is 0.689 bits per heavy atom. The summed E-state index contributed by atoms with van der Waals surface area (Å²) in [6.07, 6.45) is 12.1. The molecule has 0 radical (unpaired) electrons. The Hall–Kier alpha value is -2.98. The highest BCUT2D eigenvalue weighted by atomic mass is 16.3. The van der Waals surface area contributed by atoms with Crippen LogP contribution in [-0.4, -0.2) is 26.2 Å². The van der Waals surface area contributed by atoms with Crippen LogP contribution in [0.5, 0.6) is 0 Å². The van der Waals surface area contributed by atoms with Crippen LogP contribution in [0.2, 0.25) is 0 Å². The molecule has 0 amide bonds. The molecule has 0 aliphatic carbocycles. The van der Waals surface area contributed by atoms with Gasteiger partial charge in [0.25, 0.3) is 0 Å². The molecule has 4 rings (SSSR count). The Labute approximate surface area is 273 Å². The number of aromatic nitrogens is 3. The minimum atomic E-state index is -0.451. The molecule has 4 nitrogen and oxygen atoms in total. The maximum absolute atomic E-state index is 12.3. The largest absolute Gasteiger partial charge is 0.393 e. The Kier molecular flexibility index (Phi) is 12.0. The second-order valence-electron chi connectivity index (χ2n) is 14.8. The number of aliphatic hydroxyl groups is 1. The first-order valence-electron chi connectivity index (χ1n) is 17.7. The van der Waals surface area contributed by atoms with Gasteiger partial charge in [-0.1, -0.05) is 142 Å². The molecule has 0 aliphatic heterocycles. The van der Waals surface area contributed by atoms with Crippen molar-refractivity contribution in [2.45, 2.75) is 136 Å². The lowest BCUT2D eigenvalue weighted by Gasteiger charge is -2.46. The summed E-state index contributed by atoms with van der Waals surface area (Å²) < 4.78 is 0. The monoisotopic (exact) mass is 609 g/mol. The van der Waals surface area contributed by atoms with Crippen molar-refractivity contribution in [3.63, 3.8) is 0 Å². The number of nitrogens with zero attached hydrogens (tertiary/aromatic N) is 3. The summed E-state index contributed by atoms with van der Waals surface area (Å²) in [6, 6.07) is 27.8. The molecule has 1 aromatic heterocycles. The molecule has 45 heavy (non-hydrogen) atoms. The highest BCUT2D eigenvalue weighted by molar-refractivity contribution is 5.73. The molecule has 1 N–H and O–H groups in total. The Morgan fingerprint density at radius 2 is 1.22 bits per heavy atom. The van der Waals surface area contributed by atoms with Crippen LogP contribution in [-0.2, 0) is 10.8 Å². The van der Waals surface area contributed by atoms with Gasteiger partial charge in [0.2, 0.25) is 0 Å². The number of benzene rings is 3. The summed E-state index contributed by atoms with van der Waals surface area (Å²) in [5.41, 5.74) is 5.26. The van der Waals surface area contributed by atoms with E-state index in [0.717, 1.165) is 48.8 Å². The second kappa shape index (κ2) is 15.5. The molecular weight excluding hydrogens is 550 g/mol. The lowest BCUT2D eigenvalue weighted by atomic mass is 9.59. The predicted octanol–water partition coefficient (Wildman–Crippen LogP) is 11.0. The van der Waals surface area contributed by atoms with E-state index in [1.165, 1.54) is 49.7 Å². The third-order valence-electron chi connectivity index (χ3n) is 10.9. The highest BCUT2D eigenvalue weighted by Crippen LogP contribution is 2.50. The lowest BCUT2D eigenvalue weighted by Crippen LogP contribution is -2.42. The topological polar surface area (TPSA) is 50.9 Å². The second-order valence-corrected chi connectivity index (χ2v) is 14.8. The van der Waals surface area contributed by atoms with E-state index in [1.54, 1.807) is 4.80 Å². The third-order valence-corrected chi connectivity index (χ3v) is 10.9. The summed E-state index contributed by atoms with van der Waals surface area (Å²) in [6.45, 7) is 16.3. The van der Waals surface area contributed by atoms with E-state index in [0.29, 0.717) is 0 Å². The van der Waals surface area contributed by atoms with E-state index in [9.17, 15) is 5.11 Å². The summed E-state index contributed by atoms with van der Waals surface area (Å²) in [5, 5.41) is 22.0. The minimum absolute atomic E-state index is 0.0831. The summed E-state index contributed by atoms with van der Waals surface area (Å²) in [4.78, 5) is 1.80. The molecule has 0 spiro atoms. The molecular formula is C41H59N3O. The zero-order chi connectivity index (χ0) is 32.5. The van der Waals surface area contributed by atoms with Gasteiger partial charge in [-0.25, -0.2) is 0 Å². The minimum Gasteiger partial charge on any atom is -0.393 e. The molecule has 244 valence electrons. The Bertz CT molecular complexity index is 1420. The fraction of sp³-hybridized carbons (Fsp3) is 0.561. The molecule has 0 saturated carbocycles. The lowest BCUT2D eigenvalue weighted by molar-refractivity contribution is 0.0309. The van der Waals surface area contributed by atoms with E-state index < -0.39 is 6.10 Å². The normalized spacial score (nSPS) is 15.2. The zero-order valence-corrected chi connectivity index (χ0v) is 29.2. The van der Waals surface area contributed by atoms with Gasteiger partial charge in [-0.2, -0.15) is 4.80 Å².